The van der Waals surface area contributed by atoms with Gasteiger partial charge in [0.2, 0.25) is 0 Å². The first-order chi connectivity index (χ1) is 6.47. The van der Waals surface area contributed by atoms with Gasteiger partial charge >= 0.3 is 0 Å². The zero-order chi connectivity index (χ0) is 10.7. The third-order valence-electron chi connectivity index (χ3n) is 2.17. The van der Waals surface area contributed by atoms with Gasteiger partial charge in [-0.25, -0.2) is 0 Å². The summed E-state index contributed by atoms with van der Waals surface area (Å²) in [6.07, 6.45) is 5.09. The highest BCUT2D eigenvalue weighted by atomic mass is 16.7. The maximum Gasteiger partial charge on any atom is 0.162 e. The molecule has 0 N–H and O–H groups in total. The van der Waals surface area contributed by atoms with Crippen LogP contribution in [0.1, 0.15) is 20.8 Å². The second-order valence-electron chi connectivity index (χ2n) is 4.48. The van der Waals surface area contributed by atoms with Crippen molar-refractivity contribution >= 4 is 0 Å². The summed E-state index contributed by atoms with van der Waals surface area (Å²) in [6.45, 7) is 8.10. The maximum atomic E-state index is 5.56. The van der Waals surface area contributed by atoms with Crippen LogP contribution in [0.3, 0.4) is 0 Å². The molecule has 0 bridgehead atoms. The molecule has 0 atom stereocenters. The molecule has 0 aromatic rings. The first kappa shape index (κ1) is 11.5. The summed E-state index contributed by atoms with van der Waals surface area (Å²) in [4.78, 5) is 0. The van der Waals surface area contributed by atoms with E-state index in [1.165, 1.54) is 0 Å². The Morgan fingerprint density at radius 3 is 2.36 bits per heavy atom. The summed E-state index contributed by atoms with van der Waals surface area (Å²) in [5, 5.41) is 0. The molecule has 80 valence electrons. The highest BCUT2D eigenvalue weighted by molar-refractivity contribution is 4.84. The van der Waals surface area contributed by atoms with Gasteiger partial charge in [-0.3, -0.25) is 0 Å². The monoisotopic (exact) mass is 198 g/mol. The summed E-state index contributed by atoms with van der Waals surface area (Å²) in [5.74, 6) is 1.97. The number of ether oxygens (including phenoxy) is 3. The number of hydrogen-bond donors (Lipinski definition) is 0. The minimum absolute atomic E-state index is 0.0770. The van der Waals surface area contributed by atoms with Crippen LogP contribution in [0, 0.1) is 17.8 Å². The highest BCUT2D eigenvalue weighted by Gasteiger charge is 2.36. The lowest BCUT2D eigenvalue weighted by molar-refractivity contribution is -0.288. The second-order valence-corrected chi connectivity index (χ2v) is 4.48. The molecule has 0 aliphatic carbocycles. The molecule has 1 aliphatic heterocycles. The molecule has 0 aromatic heterocycles. The topological polar surface area (TPSA) is 27.7 Å². The zero-order valence-corrected chi connectivity index (χ0v) is 9.13. The van der Waals surface area contributed by atoms with Crippen molar-refractivity contribution in [3.05, 3.63) is 0 Å². The van der Waals surface area contributed by atoms with Crippen molar-refractivity contribution < 1.29 is 14.2 Å². The summed E-state index contributed by atoms with van der Waals surface area (Å²) in [7, 11) is 0. The molecule has 1 aliphatic rings. The van der Waals surface area contributed by atoms with E-state index in [4.69, 9.17) is 20.6 Å². The smallest absolute Gasteiger partial charge is 0.162 e. The van der Waals surface area contributed by atoms with Crippen molar-refractivity contribution in [2.75, 3.05) is 26.4 Å². The minimum atomic E-state index is -0.467. The Kier molecular flexibility index (Phi) is 3.54. The van der Waals surface area contributed by atoms with E-state index in [1.54, 1.807) is 0 Å². The third-order valence-corrected chi connectivity index (χ3v) is 2.17. The van der Waals surface area contributed by atoms with E-state index in [2.05, 4.69) is 12.8 Å². The molecule has 1 saturated heterocycles. The Balaban J connectivity index is 2.34. The van der Waals surface area contributed by atoms with Crippen molar-refractivity contribution in [2.24, 2.45) is 5.41 Å². The van der Waals surface area contributed by atoms with E-state index < -0.39 is 5.79 Å². The first-order valence-electron chi connectivity index (χ1n) is 4.77. The van der Waals surface area contributed by atoms with Crippen LogP contribution < -0.4 is 0 Å². The molecule has 0 radical (unpaired) electrons. The molecule has 1 fully saturated rings. The van der Waals surface area contributed by atoms with Crippen LogP contribution >= 0.6 is 0 Å². The van der Waals surface area contributed by atoms with Gasteiger partial charge in [0.15, 0.2) is 5.79 Å². The average Bonchev–Trinajstić information content (AvgIpc) is 2.12. The van der Waals surface area contributed by atoms with Crippen LogP contribution in [-0.4, -0.2) is 32.2 Å². The lowest BCUT2D eigenvalue weighted by Gasteiger charge is -2.41. The van der Waals surface area contributed by atoms with Crippen LogP contribution in [0.2, 0.25) is 0 Å². The molecule has 0 aromatic carbocycles. The lowest BCUT2D eigenvalue weighted by atomic mass is 9.93. The largest absolute Gasteiger partial charge is 0.368 e. The molecule has 0 saturated carbocycles. The first-order valence-corrected chi connectivity index (χ1v) is 4.77. The molecular formula is C11H18O3. The molecule has 14 heavy (non-hydrogen) atoms. The van der Waals surface area contributed by atoms with Crippen molar-refractivity contribution in [3.63, 3.8) is 0 Å². The predicted molar refractivity (Wildman–Crippen MR) is 53.7 cm³/mol. The highest BCUT2D eigenvalue weighted by Crippen LogP contribution is 2.29. The SMILES string of the molecule is C#CCOCC1(C)COC(C)(C)OC1. The minimum Gasteiger partial charge on any atom is -0.368 e. The second kappa shape index (κ2) is 4.31. The van der Waals surface area contributed by atoms with Crippen molar-refractivity contribution in [1.29, 1.82) is 0 Å². The van der Waals surface area contributed by atoms with E-state index in [0.29, 0.717) is 26.4 Å². The van der Waals surface area contributed by atoms with Gasteiger partial charge in [0, 0.05) is 5.41 Å². The lowest BCUT2D eigenvalue weighted by Crippen LogP contribution is -2.47. The summed E-state index contributed by atoms with van der Waals surface area (Å²) < 4.78 is 16.4. The molecule has 3 nitrogen and oxygen atoms in total. The summed E-state index contributed by atoms with van der Waals surface area (Å²) in [5.41, 5.74) is -0.0770. The Morgan fingerprint density at radius 1 is 1.29 bits per heavy atom. The van der Waals surface area contributed by atoms with Gasteiger partial charge in [-0.2, -0.15) is 0 Å². The van der Waals surface area contributed by atoms with Gasteiger partial charge in [-0.1, -0.05) is 12.8 Å². The van der Waals surface area contributed by atoms with Crippen molar-refractivity contribution in [3.8, 4) is 12.3 Å². The van der Waals surface area contributed by atoms with Gasteiger partial charge < -0.3 is 14.2 Å². The van der Waals surface area contributed by atoms with E-state index in [0.717, 1.165) is 0 Å². The number of hydrogen-bond acceptors (Lipinski definition) is 3. The standard InChI is InChI=1S/C11H18O3/c1-5-6-12-7-11(4)8-13-10(2,3)14-9-11/h1H,6-9H2,2-4H3. The normalized spacial score (nSPS) is 24.1. The summed E-state index contributed by atoms with van der Waals surface area (Å²) >= 11 is 0. The average molecular weight is 198 g/mol. The van der Waals surface area contributed by atoms with Gasteiger partial charge in [-0.05, 0) is 13.8 Å². The van der Waals surface area contributed by atoms with Crippen LogP contribution in [0.5, 0.6) is 0 Å². The number of terminal acetylenes is 1. The Hall–Kier alpha value is -0.560. The third kappa shape index (κ3) is 3.30. The quantitative estimate of drug-likeness (QED) is 0.507. The fourth-order valence-electron chi connectivity index (χ4n) is 1.22. The Labute approximate surface area is 85.7 Å². The fourth-order valence-corrected chi connectivity index (χ4v) is 1.22. The van der Waals surface area contributed by atoms with E-state index >= 15 is 0 Å². The summed E-state index contributed by atoms with van der Waals surface area (Å²) in [6, 6.07) is 0. The van der Waals surface area contributed by atoms with Crippen molar-refractivity contribution in [1.82, 2.24) is 0 Å². The van der Waals surface area contributed by atoms with Crippen LogP contribution in [0.4, 0.5) is 0 Å². The molecule has 1 rings (SSSR count). The Bertz CT molecular complexity index is 217. The molecule has 0 amide bonds. The molecule has 3 heteroatoms. The van der Waals surface area contributed by atoms with Crippen LogP contribution in [-0.2, 0) is 14.2 Å². The molecular weight excluding hydrogens is 180 g/mol. The number of rotatable bonds is 3. The van der Waals surface area contributed by atoms with E-state index in [-0.39, 0.29) is 5.41 Å². The zero-order valence-electron chi connectivity index (χ0n) is 9.13. The van der Waals surface area contributed by atoms with E-state index in [1.807, 2.05) is 13.8 Å². The van der Waals surface area contributed by atoms with Gasteiger partial charge in [0.05, 0.1) is 19.8 Å². The van der Waals surface area contributed by atoms with Crippen LogP contribution in [0.15, 0.2) is 0 Å². The Morgan fingerprint density at radius 2 is 1.86 bits per heavy atom. The van der Waals surface area contributed by atoms with E-state index in [9.17, 15) is 0 Å². The van der Waals surface area contributed by atoms with Gasteiger partial charge in [0.25, 0.3) is 0 Å². The van der Waals surface area contributed by atoms with Crippen molar-refractivity contribution in [2.45, 2.75) is 26.6 Å². The fraction of sp³-hybridized carbons (Fsp3) is 0.818. The van der Waals surface area contributed by atoms with Gasteiger partial charge in [-0.15, -0.1) is 6.42 Å². The molecule has 1 heterocycles. The van der Waals surface area contributed by atoms with Gasteiger partial charge in [0.1, 0.15) is 6.61 Å². The maximum absolute atomic E-state index is 5.56. The molecule has 0 spiro atoms. The van der Waals surface area contributed by atoms with Crippen LogP contribution in [0.25, 0.3) is 0 Å². The molecule has 0 unspecified atom stereocenters. The predicted octanol–water partition coefficient (Wildman–Crippen LogP) is 1.43.